The Kier molecular flexibility index (Phi) is 15.4. The number of hydrogen-bond donors (Lipinski definition) is 5. The number of fused-ring (bicyclic) bond motifs is 2. The van der Waals surface area contributed by atoms with Crippen LogP contribution in [0.3, 0.4) is 0 Å². The van der Waals surface area contributed by atoms with E-state index in [1.54, 1.807) is 24.3 Å². The largest absolute Gasteiger partial charge is 0.433 e. The van der Waals surface area contributed by atoms with Gasteiger partial charge in [0.2, 0.25) is 11.6 Å². The van der Waals surface area contributed by atoms with Crippen molar-refractivity contribution >= 4 is 56.2 Å². The maximum atomic E-state index is 15.1. The molecule has 4 aromatic heterocycles. The lowest BCUT2D eigenvalue weighted by Gasteiger charge is -2.34. The van der Waals surface area contributed by atoms with E-state index in [1.165, 1.54) is 24.8 Å². The maximum Gasteiger partial charge on any atom is 0.261 e. The van der Waals surface area contributed by atoms with Gasteiger partial charge in [-0.3, -0.25) is 0 Å². The number of aryl methyl sites for hydroxylation is 2. The van der Waals surface area contributed by atoms with Gasteiger partial charge in [-0.1, -0.05) is 19.1 Å². The van der Waals surface area contributed by atoms with E-state index in [4.69, 9.17) is 14.2 Å². The second-order valence-corrected chi connectivity index (χ2v) is 16.4. The molecule has 0 radical (unpaired) electrons. The highest BCUT2D eigenvalue weighted by Gasteiger charge is 2.21. The predicted octanol–water partition coefficient (Wildman–Crippen LogP) is 9.97. The van der Waals surface area contributed by atoms with Gasteiger partial charge in [-0.25, -0.2) is 18.7 Å². The van der Waals surface area contributed by atoms with Crippen molar-refractivity contribution in [2.75, 3.05) is 93.6 Å². The minimum absolute atomic E-state index is 0.0468. The summed E-state index contributed by atoms with van der Waals surface area (Å²) in [5.41, 5.74) is 6.31. The van der Waals surface area contributed by atoms with Crippen molar-refractivity contribution in [3.8, 4) is 23.3 Å². The van der Waals surface area contributed by atoms with Gasteiger partial charge in [-0.2, -0.15) is 18.7 Å². The molecule has 8 aromatic rings. The van der Waals surface area contributed by atoms with Gasteiger partial charge < -0.3 is 54.8 Å². The first-order valence-corrected chi connectivity index (χ1v) is 22.5. The number of nitrogens with zero attached hydrogens (tertiary/aromatic N) is 7. The van der Waals surface area contributed by atoms with Gasteiger partial charge in [-0.05, 0) is 107 Å². The summed E-state index contributed by atoms with van der Waals surface area (Å²) in [5, 5.41) is 9.63. The number of likely N-dealkylation sites (N-methyl/N-ethyl adjacent to an activating group) is 1. The van der Waals surface area contributed by atoms with Crippen molar-refractivity contribution in [3.05, 3.63) is 132 Å². The average molecular weight is 947 g/mol. The molecule has 15 nitrogen and oxygen atoms in total. The number of rotatable bonds is 11. The second-order valence-electron chi connectivity index (χ2n) is 16.4. The molecular formula is C50H54F4N12O3. The Bertz CT molecular complexity index is 3010. The van der Waals surface area contributed by atoms with Gasteiger partial charge in [0.05, 0.1) is 13.2 Å². The lowest BCUT2D eigenvalue weighted by atomic mass is 10.2. The number of halogens is 4. The van der Waals surface area contributed by atoms with E-state index < -0.39 is 23.3 Å². The number of nitrogens with one attached hydrogen (secondary N) is 5. The first-order chi connectivity index (χ1) is 33.5. The van der Waals surface area contributed by atoms with Crippen molar-refractivity contribution in [2.24, 2.45) is 0 Å². The molecule has 0 bridgehead atoms. The molecule has 0 spiro atoms. The number of aromatic amines is 2. The molecule has 2 saturated heterocycles. The number of piperazine rings is 1. The van der Waals surface area contributed by atoms with Crippen LogP contribution in [-0.4, -0.2) is 108 Å². The normalized spacial score (nSPS) is 13.9. The zero-order valence-corrected chi connectivity index (χ0v) is 39.0. The van der Waals surface area contributed by atoms with E-state index in [9.17, 15) is 8.78 Å². The fourth-order valence-electron chi connectivity index (χ4n) is 7.69. The molecule has 0 atom stereocenters. The van der Waals surface area contributed by atoms with Crippen molar-refractivity contribution in [1.82, 2.24) is 40.1 Å². The van der Waals surface area contributed by atoms with Crippen molar-refractivity contribution in [3.63, 3.8) is 0 Å². The summed E-state index contributed by atoms with van der Waals surface area (Å²) in [7, 11) is 4.04. The third kappa shape index (κ3) is 11.6. The molecule has 5 N–H and O–H groups in total. The van der Waals surface area contributed by atoms with Crippen LogP contribution < -0.4 is 35.2 Å². The number of benzene rings is 4. The highest BCUT2D eigenvalue weighted by Crippen LogP contribution is 2.35. The van der Waals surface area contributed by atoms with Crippen LogP contribution >= 0.6 is 0 Å². The summed E-state index contributed by atoms with van der Waals surface area (Å²) in [6.45, 7) is 13.6. The van der Waals surface area contributed by atoms with Crippen LogP contribution in [0, 0.1) is 37.1 Å². The zero-order chi connectivity index (χ0) is 48.4. The Morgan fingerprint density at radius 3 is 1.49 bits per heavy atom. The number of hydrogen-bond acceptors (Lipinski definition) is 13. The molecule has 6 heterocycles. The van der Waals surface area contributed by atoms with Gasteiger partial charge >= 0.3 is 0 Å². The molecule has 4 aromatic carbocycles. The lowest BCUT2D eigenvalue weighted by molar-refractivity contribution is 0.122. The first-order valence-electron chi connectivity index (χ1n) is 22.5. The first kappa shape index (κ1) is 48.0. The summed E-state index contributed by atoms with van der Waals surface area (Å²) in [4.78, 5) is 28.6. The lowest BCUT2D eigenvalue weighted by Crippen LogP contribution is -2.44. The summed E-state index contributed by atoms with van der Waals surface area (Å²) in [5.74, 6) is -3.83. The van der Waals surface area contributed by atoms with Gasteiger partial charge in [0.15, 0.2) is 34.8 Å². The van der Waals surface area contributed by atoms with E-state index in [0.29, 0.717) is 46.4 Å². The molecule has 0 unspecified atom stereocenters. The number of aromatic nitrogens is 6. The summed E-state index contributed by atoms with van der Waals surface area (Å²) < 4.78 is 76.3. The van der Waals surface area contributed by atoms with Crippen LogP contribution in [0.4, 0.5) is 51.9 Å². The Balaban J connectivity index is 0.000000173. The van der Waals surface area contributed by atoms with Crippen LogP contribution in [0.2, 0.25) is 0 Å². The average Bonchev–Trinajstić information content (AvgIpc) is 3.96. The van der Waals surface area contributed by atoms with Crippen LogP contribution in [-0.2, 0) is 4.74 Å². The smallest absolute Gasteiger partial charge is 0.261 e. The molecule has 19 heteroatoms. The molecule has 0 amide bonds. The Labute approximate surface area is 396 Å². The fourth-order valence-corrected chi connectivity index (χ4v) is 7.69. The van der Waals surface area contributed by atoms with Gasteiger partial charge in [0, 0.05) is 95.2 Å². The Morgan fingerprint density at radius 1 is 0.594 bits per heavy atom. The number of morpholine rings is 1. The zero-order valence-electron chi connectivity index (χ0n) is 39.0. The highest BCUT2D eigenvalue weighted by molar-refractivity contribution is 5.83. The number of ether oxygens (including phenoxy) is 3. The monoisotopic (exact) mass is 946 g/mol. The van der Waals surface area contributed by atoms with Crippen molar-refractivity contribution in [1.29, 1.82) is 0 Å². The van der Waals surface area contributed by atoms with Crippen LogP contribution in [0.25, 0.3) is 21.8 Å². The number of anilines is 6. The predicted molar refractivity (Wildman–Crippen MR) is 262 cm³/mol. The summed E-state index contributed by atoms with van der Waals surface area (Å²) in [6, 6.07) is 24.9. The molecule has 0 saturated carbocycles. The molecule has 360 valence electrons. The van der Waals surface area contributed by atoms with E-state index in [0.717, 1.165) is 68.6 Å². The summed E-state index contributed by atoms with van der Waals surface area (Å²) >= 11 is 0. The fraction of sp³-hybridized carbons (Fsp3) is 0.280. The maximum absolute atomic E-state index is 15.1. The van der Waals surface area contributed by atoms with Crippen LogP contribution in [0.5, 0.6) is 23.3 Å². The standard InChI is InChI=1S/C24H24F2N6O.C23H21F2N5O2.C3H9N/c1-15-12-18-19(29-15)6-7-20(21(18)25)33-24-22(26)23(27-14-28-24)30-16-4-3-5-17(13-16)32-10-8-31(2)9-11-32;1-14-11-17-18(28-14)5-6-19(20(17)24)32-23-21(25)22(26-13-27-23)29-15-3-2-4-16(12-15)30-7-9-31-10-8-30;1-3-4-2/h3-7,12-14,29H,8-11H2,1-2H3,(H,27,28,30);2-6,11-13,28H,7-10H2,1H3,(H,26,27,29);4H,3H2,1-2H3. The third-order valence-corrected chi connectivity index (χ3v) is 11.4. The number of H-pyrrole nitrogens is 2. The van der Waals surface area contributed by atoms with Gasteiger partial charge in [-0.15, -0.1) is 0 Å². The van der Waals surface area contributed by atoms with E-state index in [-0.39, 0.29) is 34.9 Å². The van der Waals surface area contributed by atoms with Crippen LogP contribution in [0.1, 0.15) is 18.3 Å². The second kappa shape index (κ2) is 22.1. The van der Waals surface area contributed by atoms with E-state index in [1.807, 2.05) is 69.4 Å². The van der Waals surface area contributed by atoms with Crippen LogP contribution in [0.15, 0.2) is 97.6 Å². The Morgan fingerprint density at radius 2 is 1.04 bits per heavy atom. The highest BCUT2D eigenvalue weighted by atomic mass is 19.1. The molecule has 2 aliphatic rings. The molecular weight excluding hydrogens is 893 g/mol. The van der Waals surface area contributed by atoms with E-state index in [2.05, 4.69) is 74.5 Å². The molecule has 2 fully saturated rings. The molecule has 69 heavy (non-hydrogen) atoms. The third-order valence-electron chi connectivity index (χ3n) is 11.4. The van der Waals surface area contributed by atoms with Gasteiger partial charge in [0.25, 0.3) is 11.8 Å². The SMILES string of the molecule is CCNC.Cc1cc2c(F)c(Oc3ncnc(Nc4cccc(N5CCN(C)CC5)c4)c3F)ccc2[nH]1.Cc1cc2c(F)c(Oc3ncnc(Nc4cccc(N5CCOCC5)c4)c3F)ccc2[nH]1. The minimum atomic E-state index is -0.811. The quantitative estimate of drug-likeness (QED) is 0.0782. The van der Waals surface area contributed by atoms with E-state index >= 15 is 8.78 Å². The van der Waals surface area contributed by atoms with Gasteiger partial charge in [0.1, 0.15) is 12.7 Å². The molecule has 0 aliphatic carbocycles. The summed E-state index contributed by atoms with van der Waals surface area (Å²) in [6.07, 6.45) is 2.35. The topological polar surface area (TPSA) is 157 Å². The molecule has 10 rings (SSSR count). The Hall–Kier alpha value is -7.48. The molecule has 2 aliphatic heterocycles. The van der Waals surface area contributed by atoms with Crippen molar-refractivity contribution < 1.29 is 31.8 Å². The minimum Gasteiger partial charge on any atom is -0.433 e. The van der Waals surface area contributed by atoms with Crippen molar-refractivity contribution in [2.45, 2.75) is 20.8 Å².